The Labute approximate surface area is 92.3 Å². The van der Waals surface area contributed by atoms with Crippen LogP contribution in [-0.4, -0.2) is 47.2 Å². The van der Waals surface area contributed by atoms with Crippen LogP contribution in [0.5, 0.6) is 0 Å². The molecule has 0 aromatic rings. The van der Waals surface area contributed by atoms with Gasteiger partial charge in [0.15, 0.2) is 0 Å². The smallest absolute Gasteiger partial charge is 0.407 e. The van der Waals surface area contributed by atoms with E-state index in [1.54, 1.807) is 0 Å². The summed E-state index contributed by atoms with van der Waals surface area (Å²) in [5, 5.41) is 9.71. The number of carbonyl (C=O) groups is 1. The lowest BCUT2D eigenvalue weighted by molar-refractivity contribution is 0.0569. The van der Waals surface area contributed by atoms with E-state index >= 15 is 0 Å². The fourth-order valence-corrected chi connectivity index (χ4v) is 1.88. The van der Waals surface area contributed by atoms with Crippen molar-refractivity contribution < 1.29 is 14.6 Å². The van der Waals surface area contributed by atoms with Crippen LogP contribution >= 0.6 is 15.9 Å². The van der Waals surface area contributed by atoms with Crippen LogP contribution in [0.15, 0.2) is 0 Å². The fraction of sp³-hybridized carbons (Fsp3) is 0.889. The van der Waals surface area contributed by atoms with Crippen molar-refractivity contribution in [2.75, 3.05) is 25.0 Å². The van der Waals surface area contributed by atoms with Gasteiger partial charge in [-0.2, -0.15) is 0 Å². The molecule has 82 valence electrons. The Morgan fingerprint density at radius 2 is 2.36 bits per heavy atom. The van der Waals surface area contributed by atoms with Crippen molar-refractivity contribution >= 4 is 22.0 Å². The maximum Gasteiger partial charge on any atom is 0.407 e. The maximum absolute atomic E-state index is 10.6. The maximum atomic E-state index is 10.6. The minimum absolute atomic E-state index is 0.112. The van der Waals surface area contributed by atoms with E-state index in [4.69, 9.17) is 9.84 Å². The van der Waals surface area contributed by atoms with Gasteiger partial charge in [0.1, 0.15) is 0 Å². The quantitative estimate of drug-likeness (QED) is 0.611. The van der Waals surface area contributed by atoms with Crippen LogP contribution in [0.2, 0.25) is 0 Å². The monoisotopic (exact) mass is 265 g/mol. The molecule has 1 saturated heterocycles. The number of ether oxygens (including phenoxy) is 1. The summed E-state index contributed by atoms with van der Waals surface area (Å²) in [4.78, 5) is 12.0. The van der Waals surface area contributed by atoms with Crippen LogP contribution in [0.3, 0.4) is 0 Å². The van der Waals surface area contributed by atoms with Crippen LogP contribution in [-0.2, 0) is 4.74 Å². The fourth-order valence-electron chi connectivity index (χ4n) is 1.48. The second-order valence-corrected chi connectivity index (χ2v) is 4.20. The predicted molar refractivity (Wildman–Crippen MR) is 57.0 cm³/mol. The van der Waals surface area contributed by atoms with E-state index in [2.05, 4.69) is 15.9 Å². The SMILES string of the molecule is O=C(O)N1CCC(OCCCCBr)C1. The molecule has 1 amide bonds. The number of rotatable bonds is 5. The average molecular weight is 266 g/mol. The topological polar surface area (TPSA) is 49.8 Å². The summed E-state index contributed by atoms with van der Waals surface area (Å²) in [7, 11) is 0. The molecule has 1 unspecified atom stereocenters. The normalized spacial score (nSPS) is 21.5. The Balaban J connectivity index is 2.07. The number of amides is 1. The molecule has 1 rings (SSSR count). The number of halogens is 1. The second kappa shape index (κ2) is 6.24. The molecule has 0 aromatic heterocycles. The molecule has 0 aromatic carbocycles. The highest BCUT2D eigenvalue weighted by atomic mass is 79.9. The molecular weight excluding hydrogens is 250 g/mol. The molecule has 4 nitrogen and oxygen atoms in total. The molecule has 0 spiro atoms. The van der Waals surface area contributed by atoms with Gasteiger partial charge < -0.3 is 14.7 Å². The zero-order valence-corrected chi connectivity index (χ0v) is 9.70. The number of hydrogen-bond donors (Lipinski definition) is 1. The van der Waals surface area contributed by atoms with Crippen molar-refractivity contribution in [1.82, 2.24) is 4.90 Å². The lowest BCUT2D eigenvalue weighted by atomic mass is 10.3. The Morgan fingerprint density at radius 1 is 1.57 bits per heavy atom. The van der Waals surface area contributed by atoms with Gasteiger partial charge in [0, 0.05) is 18.5 Å². The van der Waals surface area contributed by atoms with Crippen LogP contribution in [0.4, 0.5) is 4.79 Å². The number of likely N-dealkylation sites (tertiary alicyclic amines) is 1. The Bertz CT molecular complexity index is 189. The first kappa shape index (κ1) is 11.8. The lowest BCUT2D eigenvalue weighted by Crippen LogP contribution is -2.28. The molecule has 1 fully saturated rings. The van der Waals surface area contributed by atoms with E-state index in [1.165, 1.54) is 4.90 Å². The molecule has 1 aliphatic heterocycles. The summed E-state index contributed by atoms with van der Waals surface area (Å²) in [6.07, 6.45) is 2.25. The molecule has 0 saturated carbocycles. The number of nitrogens with zero attached hydrogens (tertiary/aromatic N) is 1. The van der Waals surface area contributed by atoms with Crippen molar-refractivity contribution in [3.63, 3.8) is 0 Å². The van der Waals surface area contributed by atoms with Gasteiger partial charge in [-0.3, -0.25) is 0 Å². The van der Waals surface area contributed by atoms with Gasteiger partial charge >= 0.3 is 6.09 Å². The summed E-state index contributed by atoms with van der Waals surface area (Å²) in [5.41, 5.74) is 0. The van der Waals surface area contributed by atoms with E-state index in [1.807, 2.05) is 0 Å². The highest BCUT2D eigenvalue weighted by molar-refractivity contribution is 9.09. The van der Waals surface area contributed by atoms with E-state index in [-0.39, 0.29) is 6.10 Å². The molecule has 1 aliphatic rings. The lowest BCUT2D eigenvalue weighted by Gasteiger charge is -2.12. The minimum atomic E-state index is -0.837. The molecule has 1 atom stereocenters. The number of hydrogen-bond acceptors (Lipinski definition) is 2. The van der Waals surface area contributed by atoms with Gasteiger partial charge in [-0.05, 0) is 19.3 Å². The van der Waals surface area contributed by atoms with E-state index in [0.29, 0.717) is 13.1 Å². The Morgan fingerprint density at radius 3 is 2.93 bits per heavy atom. The molecule has 0 aliphatic carbocycles. The van der Waals surface area contributed by atoms with Gasteiger partial charge in [-0.15, -0.1) is 0 Å². The highest BCUT2D eigenvalue weighted by Crippen LogP contribution is 2.13. The Hall–Kier alpha value is -0.290. The van der Waals surface area contributed by atoms with Crippen molar-refractivity contribution in [2.24, 2.45) is 0 Å². The van der Waals surface area contributed by atoms with Gasteiger partial charge in [0.25, 0.3) is 0 Å². The van der Waals surface area contributed by atoms with Gasteiger partial charge in [-0.1, -0.05) is 15.9 Å². The van der Waals surface area contributed by atoms with Crippen LogP contribution in [0.25, 0.3) is 0 Å². The summed E-state index contributed by atoms with van der Waals surface area (Å²) in [6.45, 7) is 1.88. The first-order valence-corrected chi connectivity index (χ1v) is 6.01. The van der Waals surface area contributed by atoms with Crippen molar-refractivity contribution in [2.45, 2.75) is 25.4 Å². The van der Waals surface area contributed by atoms with Gasteiger partial charge in [0.2, 0.25) is 0 Å². The molecule has 0 radical (unpaired) electrons. The third-order valence-electron chi connectivity index (χ3n) is 2.30. The van der Waals surface area contributed by atoms with E-state index < -0.39 is 6.09 Å². The molecule has 5 heteroatoms. The molecule has 14 heavy (non-hydrogen) atoms. The number of carboxylic acid groups (broad SMARTS) is 1. The molecular formula is C9H16BrNO3. The largest absolute Gasteiger partial charge is 0.465 e. The average Bonchev–Trinajstić information content (AvgIpc) is 2.61. The summed E-state index contributed by atoms with van der Waals surface area (Å²) < 4.78 is 5.56. The van der Waals surface area contributed by atoms with Crippen molar-refractivity contribution in [1.29, 1.82) is 0 Å². The summed E-state index contributed by atoms with van der Waals surface area (Å²) in [6, 6.07) is 0. The first-order chi connectivity index (χ1) is 6.74. The van der Waals surface area contributed by atoms with Gasteiger partial charge in [-0.25, -0.2) is 4.79 Å². The molecule has 1 heterocycles. The molecule has 0 bridgehead atoms. The third kappa shape index (κ3) is 3.84. The van der Waals surface area contributed by atoms with Crippen LogP contribution < -0.4 is 0 Å². The third-order valence-corrected chi connectivity index (χ3v) is 2.86. The number of alkyl halides is 1. The predicted octanol–water partition coefficient (Wildman–Crippen LogP) is 1.93. The number of unbranched alkanes of at least 4 members (excludes halogenated alkanes) is 1. The minimum Gasteiger partial charge on any atom is -0.465 e. The van der Waals surface area contributed by atoms with Crippen LogP contribution in [0, 0.1) is 0 Å². The first-order valence-electron chi connectivity index (χ1n) is 4.89. The zero-order valence-electron chi connectivity index (χ0n) is 8.12. The molecule has 1 N–H and O–H groups in total. The second-order valence-electron chi connectivity index (χ2n) is 3.41. The van der Waals surface area contributed by atoms with Gasteiger partial charge in [0.05, 0.1) is 12.6 Å². The standard InChI is InChI=1S/C9H16BrNO3/c10-4-1-2-6-14-8-3-5-11(7-8)9(12)13/h8H,1-7H2,(H,12,13). The zero-order chi connectivity index (χ0) is 10.4. The van der Waals surface area contributed by atoms with Crippen molar-refractivity contribution in [3.8, 4) is 0 Å². The van der Waals surface area contributed by atoms with Crippen molar-refractivity contribution in [3.05, 3.63) is 0 Å². The van der Waals surface area contributed by atoms with Crippen LogP contribution in [0.1, 0.15) is 19.3 Å². The van der Waals surface area contributed by atoms with E-state index in [9.17, 15) is 4.79 Å². The summed E-state index contributed by atoms with van der Waals surface area (Å²) in [5.74, 6) is 0. The highest BCUT2D eigenvalue weighted by Gasteiger charge is 2.25. The summed E-state index contributed by atoms with van der Waals surface area (Å²) >= 11 is 3.35. The Kier molecular flexibility index (Phi) is 5.25. The van der Waals surface area contributed by atoms with E-state index in [0.717, 1.165) is 31.2 Å².